The maximum absolute atomic E-state index is 12.4. The summed E-state index contributed by atoms with van der Waals surface area (Å²) in [6.07, 6.45) is 7.94. The molecule has 1 atom stereocenters. The third-order valence-electron chi connectivity index (χ3n) is 3.67. The quantitative estimate of drug-likeness (QED) is 0.653. The van der Waals surface area contributed by atoms with E-state index in [0.717, 1.165) is 51.6 Å². The first-order valence-corrected chi connectivity index (χ1v) is 7.77. The summed E-state index contributed by atoms with van der Waals surface area (Å²) in [6, 6.07) is -0.268. The molecule has 1 N–H and O–H groups in total. The molecule has 0 saturated carbocycles. The van der Waals surface area contributed by atoms with Crippen LogP contribution in [0.25, 0.3) is 0 Å². The van der Waals surface area contributed by atoms with Crippen LogP contribution in [0.3, 0.4) is 0 Å². The Bertz CT molecular complexity index is 282. The molecule has 0 aromatic carbocycles. The van der Waals surface area contributed by atoms with Gasteiger partial charge in [-0.1, -0.05) is 39.5 Å². The molecular weight excluding hydrogens is 240 g/mol. The van der Waals surface area contributed by atoms with Crippen LogP contribution in [-0.2, 0) is 9.59 Å². The van der Waals surface area contributed by atoms with Crippen molar-refractivity contribution >= 4 is 11.8 Å². The van der Waals surface area contributed by atoms with Gasteiger partial charge in [0, 0.05) is 19.5 Å². The Morgan fingerprint density at radius 3 is 2.16 bits per heavy atom. The summed E-state index contributed by atoms with van der Waals surface area (Å²) >= 11 is 0. The summed E-state index contributed by atoms with van der Waals surface area (Å²) in [6.45, 7) is 6.01. The third-order valence-corrected chi connectivity index (χ3v) is 3.67. The molecule has 1 fully saturated rings. The van der Waals surface area contributed by atoms with Gasteiger partial charge in [0.2, 0.25) is 11.8 Å². The fourth-order valence-corrected chi connectivity index (χ4v) is 2.46. The number of hydrogen-bond donors (Lipinski definition) is 1. The standard InChI is InChI=1S/C15H28N2O2/c1-3-5-7-11-17(12-8-6-4-2)15(19)13-9-10-14(18)16-13/h13H,3-12H2,1-2H3,(H,16,18)/t13-/m0/s1. The summed E-state index contributed by atoms with van der Waals surface area (Å²) in [5.41, 5.74) is 0. The number of carbonyl (C=O) groups is 2. The van der Waals surface area contributed by atoms with Crippen molar-refractivity contribution in [1.29, 1.82) is 0 Å². The lowest BCUT2D eigenvalue weighted by Gasteiger charge is -2.25. The van der Waals surface area contributed by atoms with E-state index in [1.54, 1.807) is 0 Å². The molecule has 0 bridgehead atoms. The third kappa shape index (κ3) is 5.62. The second-order valence-electron chi connectivity index (χ2n) is 5.40. The smallest absolute Gasteiger partial charge is 0.245 e. The monoisotopic (exact) mass is 268 g/mol. The van der Waals surface area contributed by atoms with Crippen molar-refractivity contribution in [3.63, 3.8) is 0 Å². The molecular formula is C15H28N2O2. The Morgan fingerprint density at radius 2 is 1.74 bits per heavy atom. The van der Waals surface area contributed by atoms with Crippen LogP contribution in [0.5, 0.6) is 0 Å². The molecule has 19 heavy (non-hydrogen) atoms. The van der Waals surface area contributed by atoms with Crippen molar-refractivity contribution < 1.29 is 9.59 Å². The Hall–Kier alpha value is -1.06. The van der Waals surface area contributed by atoms with E-state index in [1.807, 2.05) is 4.90 Å². The number of hydrogen-bond acceptors (Lipinski definition) is 2. The van der Waals surface area contributed by atoms with Crippen molar-refractivity contribution in [1.82, 2.24) is 10.2 Å². The topological polar surface area (TPSA) is 49.4 Å². The predicted octanol–water partition coefficient (Wildman–Crippen LogP) is 2.47. The maximum Gasteiger partial charge on any atom is 0.245 e. The second-order valence-corrected chi connectivity index (χ2v) is 5.40. The average Bonchev–Trinajstić information content (AvgIpc) is 2.83. The van der Waals surface area contributed by atoms with Gasteiger partial charge in [0.05, 0.1) is 0 Å². The number of carbonyl (C=O) groups excluding carboxylic acids is 2. The van der Waals surface area contributed by atoms with Crippen LogP contribution in [-0.4, -0.2) is 35.8 Å². The highest BCUT2D eigenvalue weighted by molar-refractivity contribution is 5.90. The molecule has 0 unspecified atom stereocenters. The van der Waals surface area contributed by atoms with Gasteiger partial charge in [0.15, 0.2) is 0 Å². The Kier molecular flexibility index (Phi) is 7.53. The first kappa shape index (κ1) is 16.0. The fraction of sp³-hybridized carbons (Fsp3) is 0.867. The Morgan fingerprint density at radius 1 is 1.16 bits per heavy atom. The molecule has 0 aliphatic carbocycles. The van der Waals surface area contributed by atoms with Gasteiger partial charge in [-0.3, -0.25) is 9.59 Å². The Labute approximate surface area is 116 Å². The van der Waals surface area contributed by atoms with Gasteiger partial charge < -0.3 is 10.2 Å². The number of nitrogens with zero attached hydrogens (tertiary/aromatic N) is 1. The minimum atomic E-state index is -0.268. The van der Waals surface area contributed by atoms with E-state index in [0.29, 0.717) is 12.8 Å². The highest BCUT2D eigenvalue weighted by atomic mass is 16.2. The van der Waals surface area contributed by atoms with Crippen LogP contribution in [0.15, 0.2) is 0 Å². The minimum Gasteiger partial charge on any atom is -0.344 e. The highest BCUT2D eigenvalue weighted by Gasteiger charge is 2.30. The van der Waals surface area contributed by atoms with Gasteiger partial charge in [0.25, 0.3) is 0 Å². The molecule has 4 heteroatoms. The van der Waals surface area contributed by atoms with E-state index < -0.39 is 0 Å². The maximum atomic E-state index is 12.4. The van der Waals surface area contributed by atoms with Crippen LogP contribution in [0.4, 0.5) is 0 Å². The lowest BCUT2D eigenvalue weighted by atomic mass is 10.1. The molecule has 0 aromatic heterocycles. The number of amides is 2. The van der Waals surface area contributed by atoms with Gasteiger partial charge in [-0.2, -0.15) is 0 Å². The van der Waals surface area contributed by atoms with Crippen LogP contribution in [0.1, 0.15) is 65.2 Å². The summed E-state index contributed by atoms with van der Waals surface area (Å²) in [5.74, 6) is 0.137. The van der Waals surface area contributed by atoms with Gasteiger partial charge in [-0.25, -0.2) is 0 Å². The van der Waals surface area contributed by atoms with Crippen LogP contribution in [0, 0.1) is 0 Å². The zero-order chi connectivity index (χ0) is 14.1. The van der Waals surface area contributed by atoms with E-state index in [-0.39, 0.29) is 17.9 Å². The molecule has 0 radical (unpaired) electrons. The molecule has 1 aliphatic rings. The summed E-state index contributed by atoms with van der Waals surface area (Å²) in [7, 11) is 0. The van der Waals surface area contributed by atoms with Crippen LogP contribution >= 0.6 is 0 Å². The zero-order valence-electron chi connectivity index (χ0n) is 12.4. The molecule has 0 aromatic rings. The predicted molar refractivity (Wildman–Crippen MR) is 76.8 cm³/mol. The SMILES string of the molecule is CCCCCN(CCCCC)C(=O)[C@@H]1CCC(=O)N1. The minimum absolute atomic E-state index is 0.0143. The number of nitrogens with one attached hydrogen (secondary N) is 1. The molecule has 4 nitrogen and oxygen atoms in total. The molecule has 1 saturated heterocycles. The summed E-state index contributed by atoms with van der Waals surface area (Å²) in [5, 5.41) is 2.78. The molecule has 1 rings (SSSR count). The van der Waals surface area contributed by atoms with Gasteiger partial charge in [0.1, 0.15) is 6.04 Å². The first-order valence-electron chi connectivity index (χ1n) is 7.77. The molecule has 110 valence electrons. The van der Waals surface area contributed by atoms with Crippen molar-refractivity contribution in [3.05, 3.63) is 0 Å². The van der Waals surface area contributed by atoms with E-state index in [4.69, 9.17) is 0 Å². The zero-order valence-corrected chi connectivity index (χ0v) is 12.4. The lowest BCUT2D eigenvalue weighted by molar-refractivity contribution is -0.134. The van der Waals surface area contributed by atoms with E-state index in [1.165, 1.54) is 0 Å². The van der Waals surface area contributed by atoms with Gasteiger partial charge in [-0.15, -0.1) is 0 Å². The largest absolute Gasteiger partial charge is 0.344 e. The summed E-state index contributed by atoms with van der Waals surface area (Å²) in [4.78, 5) is 25.6. The van der Waals surface area contributed by atoms with Gasteiger partial charge >= 0.3 is 0 Å². The van der Waals surface area contributed by atoms with Crippen LogP contribution in [0.2, 0.25) is 0 Å². The number of unbranched alkanes of at least 4 members (excludes halogenated alkanes) is 4. The van der Waals surface area contributed by atoms with Crippen LogP contribution < -0.4 is 5.32 Å². The van der Waals surface area contributed by atoms with E-state index in [9.17, 15) is 9.59 Å². The average molecular weight is 268 g/mol. The van der Waals surface area contributed by atoms with E-state index in [2.05, 4.69) is 19.2 Å². The van der Waals surface area contributed by atoms with Crippen molar-refractivity contribution in [2.45, 2.75) is 71.3 Å². The fourth-order valence-electron chi connectivity index (χ4n) is 2.46. The van der Waals surface area contributed by atoms with Gasteiger partial charge in [-0.05, 0) is 19.3 Å². The van der Waals surface area contributed by atoms with E-state index >= 15 is 0 Å². The Balaban J connectivity index is 2.45. The molecule has 1 aliphatic heterocycles. The first-order chi connectivity index (χ1) is 9.19. The van der Waals surface area contributed by atoms with Crippen molar-refractivity contribution in [3.8, 4) is 0 Å². The molecule has 0 spiro atoms. The normalized spacial score (nSPS) is 18.4. The van der Waals surface area contributed by atoms with Crippen molar-refractivity contribution in [2.24, 2.45) is 0 Å². The molecule has 1 heterocycles. The van der Waals surface area contributed by atoms with Crippen molar-refractivity contribution in [2.75, 3.05) is 13.1 Å². The lowest BCUT2D eigenvalue weighted by Crippen LogP contribution is -2.45. The highest BCUT2D eigenvalue weighted by Crippen LogP contribution is 2.12. The number of rotatable bonds is 9. The second kappa shape index (κ2) is 8.94. The summed E-state index contributed by atoms with van der Waals surface area (Å²) < 4.78 is 0. The molecule has 2 amide bonds.